The molecule has 0 aliphatic heterocycles. The molecule has 18 heavy (non-hydrogen) atoms. The molecule has 0 saturated carbocycles. The van der Waals surface area contributed by atoms with Crippen LogP contribution in [0.1, 0.15) is 13.3 Å². The van der Waals surface area contributed by atoms with Gasteiger partial charge >= 0.3 is 6.18 Å². The van der Waals surface area contributed by atoms with E-state index >= 15 is 0 Å². The van der Waals surface area contributed by atoms with Gasteiger partial charge < -0.3 is 5.32 Å². The molecule has 1 rings (SSSR count). The van der Waals surface area contributed by atoms with E-state index in [0.717, 1.165) is 12.1 Å². The molecule has 0 saturated heterocycles. The molecule has 0 aliphatic rings. The lowest BCUT2D eigenvalue weighted by Gasteiger charge is -2.17. The summed E-state index contributed by atoms with van der Waals surface area (Å²) in [5.41, 5.74) is -0.654. The number of benzene rings is 1. The molecule has 1 atom stereocenters. The Bertz CT molecular complexity index is 448. The van der Waals surface area contributed by atoms with Gasteiger partial charge in [0.05, 0.1) is 23.1 Å². The molecule has 0 spiro atoms. The maximum absolute atomic E-state index is 13.4. The standard InChI is InChI=1S/C10H10F4N2O2/c1-6(5-10(12,13)14)15-9-3-2-7(16(17)18)4-8(9)11/h2-4,6,15H,5H2,1H3. The van der Waals surface area contributed by atoms with Crippen LogP contribution in [0.4, 0.5) is 28.9 Å². The summed E-state index contributed by atoms with van der Waals surface area (Å²) < 4.78 is 49.5. The third-order valence-corrected chi connectivity index (χ3v) is 2.10. The van der Waals surface area contributed by atoms with E-state index in [1.807, 2.05) is 0 Å². The minimum Gasteiger partial charge on any atom is -0.380 e. The Morgan fingerprint density at radius 1 is 1.44 bits per heavy atom. The van der Waals surface area contributed by atoms with Crippen molar-refractivity contribution in [3.8, 4) is 0 Å². The summed E-state index contributed by atoms with van der Waals surface area (Å²) >= 11 is 0. The summed E-state index contributed by atoms with van der Waals surface area (Å²) in [7, 11) is 0. The highest BCUT2D eigenvalue weighted by molar-refractivity contribution is 5.50. The van der Waals surface area contributed by atoms with Gasteiger partial charge in [-0.2, -0.15) is 13.2 Å². The van der Waals surface area contributed by atoms with Gasteiger partial charge in [-0.3, -0.25) is 10.1 Å². The van der Waals surface area contributed by atoms with Gasteiger partial charge in [0.2, 0.25) is 0 Å². The van der Waals surface area contributed by atoms with Gasteiger partial charge in [-0.15, -0.1) is 0 Å². The molecule has 1 aromatic rings. The van der Waals surface area contributed by atoms with Crippen LogP contribution >= 0.6 is 0 Å². The van der Waals surface area contributed by atoms with Crippen LogP contribution in [0.5, 0.6) is 0 Å². The van der Waals surface area contributed by atoms with Gasteiger partial charge in [-0.05, 0) is 13.0 Å². The first-order chi connectivity index (χ1) is 8.19. The van der Waals surface area contributed by atoms with Crippen LogP contribution in [0.15, 0.2) is 18.2 Å². The number of anilines is 1. The smallest absolute Gasteiger partial charge is 0.380 e. The molecule has 0 amide bonds. The third kappa shape index (κ3) is 4.19. The Morgan fingerprint density at radius 2 is 2.06 bits per heavy atom. The topological polar surface area (TPSA) is 55.2 Å². The van der Waals surface area contributed by atoms with Crippen molar-refractivity contribution in [2.45, 2.75) is 25.6 Å². The van der Waals surface area contributed by atoms with E-state index in [-0.39, 0.29) is 5.69 Å². The van der Waals surface area contributed by atoms with Crippen molar-refractivity contribution in [1.29, 1.82) is 0 Å². The molecule has 0 radical (unpaired) electrons. The van der Waals surface area contributed by atoms with Crippen LogP contribution in [0.2, 0.25) is 0 Å². The van der Waals surface area contributed by atoms with Crippen molar-refractivity contribution >= 4 is 11.4 Å². The highest BCUT2D eigenvalue weighted by atomic mass is 19.4. The highest BCUT2D eigenvalue weighted by Gasteiger charge is 2.30. The van der Waals surface area contributed by atoms with E-state index in [1.54, 1.807) is 0 Å². The number of nitrogens with one attached hydrogen (secondary N) is 1. The number of alkyl halides is 3. The first-order valence-electron chi connectivity index (χ1n) is 4.96. The Hall–Kier alpha value is -1.86. The first-order valence-corrected chi connectivity index (χ1v) is 4.96. The number of halogens is 4. The molecule has 4 nitrogen and oxygen atoms in total. The number of nitrogens with zero attached hydrogens (tertiary/aromatic N) is 1. The summed E-state index contributed by atoms with van der Waals surface area (Å²) in [6, 6.07) is 1.69. The van der Waals surface area contributed by atoms with Gasteiger partial charge in [-0.25, -0.2) is 4.39 Å². The predicted molar refractivity (Wildman–Crippen MR) is 56.8 cm³/mol. The third-order valence-electron chi connectivity index (χ3n) is 2.10. The van der Waals surface area contributed by atoms with Crippen LogP contribution in [0, 0.1) is 15.9 Å². The second-order valence-electron chi connectivity index (χ2n) is 3.79. The molecule has 1 aromatic carbocycles. The number of nitro benzene ring substituents is 1. The maximum atomic E-state index is 13.4. The monoisotopic (exact) mass is 266 g/mol. The van der Waals surface area contributed by atoms with E-state index in [0.29, 0.717) is 6.07 Å². The zero-order chi connectivity index (χ0) is 13.9. The van der Waals surface area contributed by atoms with Crippen molar-refractivity contribution in [3.63, 3.8) is 0 Å². The molecule has 100 valence electrons. The van der Waals surface area contributed by atoms with E-state index in [2.05, 4.69) is 5.32 Å². The molecular formula is C10H10F4N2O2. The molecule has 0 heterocycles. The minimum absolute atomic E-state index is 0.197. The molecule has 0 aliphatic carbocycles. The molecule has 1 N–H and O–H groups in total. The summed E-state index contributed by atoms with van der Waals surface area (Å²) in [4.78, 5) is 9.56. The van der Waals surface area contributed by atoms with E-state index in [4.69, 9.17) is 0 Å². The number of hydrogen-bond acceptors (Lipinski definition) is 3. The van der Waals surface area contributed by atoms with Gasteiger partial charge in [0.15, 0.2) is 5.82 Å². The number of rotatable bonds is 4. The normalized spacial score (nSPS) is 13.2. The summed E-state index contributed by atoms with van der Waals surface area (Å²) in [5.74, 6) is -0.960. The van der Waals surface area contributed by atoms with Crippen LogP contribution in [0.3, 0.4) is 0 Å². The number of non-ortho nitro benzene ring substituents is 1. The zero-order valence-electron chi connectivity index (χ0n) is 9.29. The minimum atomic E-state index is -4.36. The second-order valence-corrected chi connectivity index (χ2v) is 3.79. The van der Waals surface area contributed by atoms with Crippen LogP contribution in [0.25, 0.3) is 0 Å². The predicted octanol–water partition coefficient (Wildman–Crippen LogP) is 3.49. The fourth-order valence-electron chi connectivity index (χ4n) is 1.40. The molecule has 0 aromatic heterocycles. The van der Waals surface area contributed by atoms with Gasteiger partial charge in [0, 0.05) is 12.1 Å². The zero-order valence-corrected chi connectivity index (χ0v) is 9.29. The lowest BCUT2D eigenvalue weighted by Crippen LogP contribution is -2.24. The molecular weight excluding hydrogens is 256 g/mol. The average Bonchev–Trinajstić information content (AvgIpc) is 2.17. The Labute approximate surface area is 99.8 Å². The SMILES string of the molecule is CC(CC(F)(F)F)Nc1ccc([N+](=O)[O-])cc1F. The lowest BCUT2D eigenvalue weighted by molar-refractivity contribution is -0.385. The first kappa shape index (κ1) is 14.2. The molecule has 1 unspecified atom stereocenters. The fourth-order valence-corrected chi connectivity index (χ4v) is 1.40. The Morgan fingerprint density at radius 3 is 2.50 bits per heavy atom. The summed E-state index contributed by atoms with van der Waals surface area (Å²) in [5, 5.41) is 12.7. The van der Waals surface area contributed by atoms with Gasteiger partial charge in [-0.1, -0.05) is 0 Å². The van der Waals surface area contributed by atoms with E-state index < -0.39 is 35.1 Å². The quantitative estimate of drug-likeness (QED) is 0.515. The van der Waals surface area contributed by atoms with Crippen molar-refractivity contribution in [2.24, 2.45) is 0 Å². The van der Waals surface area contributed by atoms with Crippen molar-refractivity contribution in [3.05, 3.63) is 34.1 Å². The van der Waals surface area contributed by atoms with Gasteiger partial charge in [0.1, 0.15) is 0 Å². The largest absolute Gasteiger partial charge is 0.391 e. The molecule has 0 fully saturated rings. The average molecular weight is 266 g/mol. The van der Waals surface area contributed by atoms with Crippen LogP contribution in [-0.2, 0) is 0 Å². The second kappa shape index (κ2) is 5.19. The van der Waals surface area contributed by atoms with Crippen molar-refractivity contribution in [1.82, 2.24) is 0 Å². The van der Waals surface area contributed by atoms with Crippen LogP contribution in [-0.4, -0.2) is 17.1 Å². The Kier molecular flexibility index (Phi) is 4.10. The molecule has 0 bridgehead atoms. The highest BCUT2D eigenvalue weighted by Crippen LogP contribution is 2.25. The van der Waals surface area contributed by atoms with Crippen molar-refractivity contribution < 1.29 is 22.5 Å². The Balaban J connectivity index is 2.77. The fraction of sp³-hybridized carbons (Fsp3) is 0.400. The lowest BCUT2D eigenvalue weighted by atomic mass is 10.2. The van der Waals surface area contributed by atoms with E-state index in [1.165, 1.54) is 6.92 Å². The number of hydrogen-bond donors (Lipinski definition) is 1. The van der Waals surface area contributed by atoms with Crippen LogP contribution < -0.4 is 5.32 Å². The van der Waals surface area contributed by atoms with Crippen molar-refractivity contribution in [2.75, 3.05) is 5.32 Å². The summed E-state index contributed by atoms with van der Waals surface area (Å²) in [6.45, 7) is 1.24. The maximum Gasteiger partial charge on any atom is 0.391 e. The van der Waals surface area contributed by atoms with Gasteiger partial charge in [0.25, 0.3) is 5.69 Å². The van der Waals surface area contributed by atoms with E-state index in [9.17, 15) is 27.7 Å². The molecule has 8 heteroatoms. The summed E-state index contributed by atoms with van der Waals surface area (Å²) in [6.07, 6.45) is -5.48. The number of nitro groups is 1.